The molecule has 0 spiro atoms. The van der Waals surface area contributed by atoms with Crippen LogP contribution in [0.2, 0.25) is 0 Å². The van der Waals surface area contributed by atoms with Crippen molar-refractivity contribution in [3.63, 3.8) is 0 Å². The molecule has 1 aliphatic heterocycles. The van der Waals surface area contributed by atoms with Crippen molar-refractivity contribution in [2.75, 3.05) is 0 Å². The Balaban J connectivity index is 1.86. The first-order valence-electron chi connectivity index (χ1n) is 10.0. The molecule has 6 heteroatoms. The van der Waals surface area contributed by atoms with Crippen molar-refractivity contribution in [3.05, 3.63) is 107 Å². The number of hydrogen-bond donors (Lipinski definition) is 1. The van der Waals surface area contributed by atoms with Gasteiger partial charge in [-0.15, -0.1) is 0 Å². The van der Waals surface area contributed by atoms with Crippen LogP contribution in [0.3, 0.4) is 0 Å². The Morgan fingerprint density at radius 2 is 1.74 bits per heavy atom. The molecule has 0 saturated carbocycles. The Morgan fingerprint density at radius 3 is 2.39 bits per heavy atom. The SMILES string of the molecule is CCc1ccc(/C(O)=C2/C(=O)C(=O)N(Cc3ccccn3)C2c2ccccc2F)cc1. The van der Waals surface area contributed by atoms with E-state index in [1.807, 2.05) is 19.1 Å². The summed E-state index contributed by atoms with van der Waals surface area (Å²) in [5, 5.41) is 11.0. The predicted octanol–water partition coefficient (Wildman–Crippen LogP) is 4.41. The number of aromatic nitrogens is 1. The monoisotopic (exact) mass is 416 g/mol. The Bertz CT molecular complexity index is 1160. The van der Waals surface area contributed by atoms with Gasteiger partial charge >= 0.3 is 0 Å². The minimum Gasteiger partial charge on any atom is -0.507 e. The van der Waals surface area contributed by atoms with Gasteiger partial charge in [-0.25, -0.2) is 4.39 Å². The van der Waals surface area contributed by atoms with Gasteiger partial charge in [0.1, 0.15) is 11.6 Å². The summed E-state index contributed by atoms with van der Waals surface area (Å²) in [4.78, 5) is 31.4. The predicted molar refractivity (Wildman–Crippen MR) is 114 cm³/mol. The van der Waals surface area contributed by atoms with E-state index in [1.165, 1.54) is 23.1 Å². The molecule has 0 bridgehead atoms. The summed E-state index contributed by atoms with van der Waals surface area (Å²) in [6, 6.07) is 17.2. The minimum absolute atomic E-state index is 0.00989. The summed E-state index contributed by atoms with van der Waals surface area (Å²) in [7, 11) is 0. The smallest absolute Gasteiger partial charge is 0.296 e. The molecule has 1 aliphatic rings. The third kappa shape index (κ3) is 3.84. The zero-order chi connectivity index (χ0) is 22.0. The molecule has 1 amide bonds. The summed E-state index contributed by atoms with van der Waals surface area (Å²) in [6.07, 6.45) is 2.41. The van der Waals surface area contributed by atoms with Gasteiger partial charge in [-0.3, -0.25) is 14.6 Å². The number of rotatable bonds is 5. The molecule has 2 aromatic carbocycles. The van der Waals surface area contributed by atoms with Gasteiger partial charge in [0.15, 0.2) is 0 Å². The first kappa shape index (κ1) is 20.5. The lowest BCUT2D eigenvalue weighted by Crippen LogP contribution is -2.30. The summed E-state index contributed by atoms with van der Waals surface area (Å²) in [5.74, 6) is -2.53. The van der Waals surface area contributed by atoms with Crippen LogP contribution in [0.4, 0.5) is 4.39 Å². The van der Waals surface area contributed by atoms with Crippen LogP contribution in [0, 0.1) is 5.82 Å². The van der Waals surface area contributed by atoms with Gasteiger partial charge in [0.2, 0.25) is 0 Å². The third-order valence-corrected chi connectivity index (χ3v) is 5.43. The number of carbonyl (C=O) groups is 2. The lowest BCUT2D eigenvalue weighted by atomic mass is 9.94. The number of carbonyl (C=O) groups excluding carboxylic acids is 2. The van der Waals surface area contributed by atoms with E-state index in [0.29, 0.717) is 11.3 Å². The fourth-order valence-electron chi connectivity index (χ4n) is 3.78. The fourth-order valence-corrected chi connectivity index (χ4v) is 3.78. The molecule has 5 nitrogen and oxygen atoms in total. The number of aliphatic hydroxyl groups excluding tert-OH is 1. The van der Waals surface area contributed by atoms with E-state index >= 15 is 0 Å². The maximum atomic E-state index is 14.8. The van der Waals surface area contributed by atoms with E-state index in [4.69, 9.17) is 0 Å². The van der Waals surface area contributed by atoms with E-state index < -0.39 is 23.5 Å². The molecular formula is C25H21FN2O3. The number of likely N-dealkylation sites (tertiary alicyclic amines) is 1. The zero-order valence-electron chi connectivity index (χ0n) is 17.0. The average Bonchev–Trinajstić information content (AvgIpc) is 3.04. The van der Waals surface area contributed by atoms with E-state index in [0.717, 1.165) is 12.0 Å². The number of hydrogen-bond acceptors (Lipinski definition) is 4. The number of benzene rings is 2. The van der Waals surface area contributed by atoms with Crippen LogP contribution in [0.25, 0.3) is 5.76 Å². The van der Waals surface area contributed by atoms with Crippen LogP contribution in [-0.4, -0.2) is 26.7 Å². The minimum atomic E-state index is -1.06. The molecular weight excluding hydrogens is 395 g/mol. The van der Waals surface area contributed by atoms with Gasteiger partial charge in [-0.05, 0) is 30.2 Å². The van der Waals surface area contributed by atoms with Crippen molar-refractivity contribution >= 4 is 17.4 Å². The number of aliphatic hydroxyl groups is 1. The van der Waals surface area contributed by atoms with Gasteiger partial charge in [0.25, 0.3) is 11.7 Å². The van der Waals surface area contributed by atoms with Gasteiger partial charge in [0.05, 0.1) is 23.9 Å². The molecule has 1 fully saturated rings. The maximum Gasteiger partial charge on any atom is 0.296 e. The number of pyridine rings is 1. The number of halogens is 1. The van der Waals surface area contributed by atoms with Gasteiger partial charge in [-0.1, -0.05) is 55.5 Å². The second-order valence-corrected chi connectivity index (χ2v) is 7.32. The van der Waals surface area contributed by atoms with Crippen molar-refractivity contribution in [2.45, 2.75) is 25.9 Å². The van der Waals surface area contributed by atoms with Crippen molar-refractivity contribution < 1.29 is 19.1 Å². The zero-order valence-corrected chi connectivity index (χ0v) is 17.0. The van der Waals surface area contributed by atoms with E-state index in [9.17, 15) is 19.1 Å². The normalized spacial score (nSPS) is 17.9. The first-order valence-corrected chi connectivity index (χ1v) is 10.0. The Labute approximate surface area is 179 Å². The summed E-state index contributed by atoms with van der Waals surface area (Å²) in [6.45, 7) is 2.02. The average molecular weight is 416 g/mol. The molecule has 0 radical (unpaired) electrons. The molecule has 0 aliphatic carbocycles. The lowest BCUT2D eigenvalue weighted by Gasteiger charge is -2.25. The van der Waals surface area contributed by atoms with Crippen LogP contribution in [-0.2, 0) is 22.6 Å². The highest BCUT2D eigenvalue weighted by atomic mass is 19.1. The second kappa shape index (κ2) is 8.52. The second-order valence-electron chi connectivity index (χ2n) is 7.32. The van der Waals surface area contributed by atoms with Crippen LogP contribution < -0.4 is 0 Å². The lowest BCUT2D eigenvalue weighted by molar-refractivity contribution is -0.140. The molecule has 3 aromatic rings. The summed E-state index contributed by atoms with van der Waals surface area (Å²) >= 11 is 0. The third-order valence-electron chi connectivity index (χ3n) is 5.43. The quantitative estimate of drug-likeness (QED) is 0.380. The topological polar surface area (TPSA) is 70.5 Å². The van der Waals surface area contributed by atoms with Crippen molar-refractivity contribution in [2.24, 2.45) is 0 Å². The number of aryl methyl sites for hydroxylation is 1. The van der Waals surface area contributed by atoms with Crippen LogP contribution in [0.15, 0.2) is 78.5 Å². The molecule has 1 atom stereocenters. The molecule has 1 N–H and O–H groups in total. The molecule has 1 saturated heterocycles. The van der Waals surface area contributed by atoms with Gasteiger partial charge in [-0.2, -0.15) is 0 Å². The number of Topliss-reactive ketones (excluding diaryl/α,β-unsaturated/α-hetero) is 1. The van der Waals surface area contributed by atoms with Crippen molar-refractivity contribution in [3.8, 4) is 0 Å². The standard InChI is InChI=1S/C25H21FN2O3/c1-2-16-10-12-17(13-11-16)23(29)21-22(19-8-3-4-9-20(19)26)28(25(31)24(21)30)15-18-7-5-6-14-27-18/h3-14,22,29H,2,15H2,1H3/b23-21-. The van der Waals surface area contributed by atoms with Gasteiger partial charge in [0, 0.05) is 17.3 Å². The maximum absolute atomic E-state index is 14.8. The summed E-state index contributed by atoms with van der Waals surface area (Å²) < 4.78 is 14.8. The molecule has 156 valence electrons. The highest BCUT2D eigenvalue weighted by molar-refractivity contribution is 6.46. The summed E-state index contributed by atoms with van der Waals surface area (Å²) in [5.41, 5.74) is 2.03. The van der Waals surface area contributed by atoms with Crippen LogP contribution >= 0.6 is 0 Å². The van der Waals surface area contributed by atoms with E-state index in [-0.39, 0.29) is 23.4 Å². The first-order chi connectivity index (χ1) is 15.0. The Hall–Kier alpha value is -3.80. The number of ketones is 1. The molecule has 31 heavy (non-hydrogen) atoms. The number of nitrogens with zero attached hydrogens (tertiary/aromatic N) is 2. The fraction of sp³-hybridized carbons (Fsp3) is 0.160. The highest BCUT2D eigenvalue weighted by Gasteiger charge is 2.47. The molecule has 4 rings (SSSR count). The largest absolute Gasteiger partial charge is 0.507 e. The molecule has 1 unspecified atom stereocenters. The van der Waals surface area contributed by atoms with Crippen LogP contribution in [0.1, 0.15) is 35.3 Å². The van der Waals surface area contributed by atoms with Crippen molar-refractivity contribution in [1.82, 2.24) is 9.88 Å². The van der Waals surface area contributed by atoms with Crippen LogP contribution in [0.5, 0.6) is 0 Å². The van der Waals surface area contributed by atoms with Gasteiger partial charge < -0.3 is 10.0 Å². The molecule has 1 aromatic heterocycles. The number of amides is 1. The van der Waals surface area contributed by atoms with Crippen molar-refractivity contribution in [1.29, 1.82) is 0 Å². The Morgan fingerprint density at radius 1 is 1.03 bits per heavy atom. The highest BCUT2D eigenvalue weighted by Crippen LogP contribution is 2.41. The van der Waals surface area contributed by atoms with E-state index in [1.54, 1.807) is 42.6 Å². The Kier molecular flexibility index (Phi) is 5.62. The van der Waals surface area contributed by atoms with E-state index in [2.05, 4.69) is 4.98 Å². The molecule has 2 heterocycles.